The Bertz CT molecular complexity index is 1770. The molecule has 4 heterocycles. The highest BCUT2D eigenvalue weighted by molar-refractivity contribution is 7.21. The Morgan fingerprint density at radius 1 is 1.02 bits per heavy atom. The number of ether oxygens (including phenoxy) is 4. The zero-order chi connectivity index (χ0) is 29.1. The lowest BCUT2D eigenvalue weighted by Crippen LogP contribution is -2.25. The molecular formula is C26H22FN7O6S. The first-order valence-electron chi connectivity index (χ1n) is 12.0. The third-order valence-electron chi connectivity index (χ3n) is 5.54. The molecule has 1 N–H and O–H groups in total. The smallest absolute Gasteiger partial charge is 0.411 e. The molecule has 0 aliphatic carbocycles. The molecule has 0 saturated carbocycles. The molecule has 15 heteroatoms. The lowest BCUT2D eigenvalue weighted by molar-refractivity contribution is 0.0586. The average molecular weight is 580 g/mol. The second kappa shape index (κ2) is 11.6. The third kappa shape index (κ3) is 6.09. The van der Waals surface area contributed by atoms with Crippen molar-refractivity contribution >= 4 is 50.5 Å². The first kappa shape index (κ1) is 27.5. The molecule has 41 heavy (non-hydrogen) atoms. The largest absolute Gasteiger partial charge is 0.480 e. The lowest BCUT2D eigenvalue weighted by Gasteiger charge is -2.14. The highest BCUT2D eigenvalue weighted by atomic mass is 32.1. The van der Waals surface area contributed by atoms with Crippen LogP contribution in [0.2, 0.25) is 0 Å². The molecule has 1 amide bonds. The summed E-state index contributed by atoms with van der Waals surface area (Å²) >= 11 is 1.25. The van der Waals surface area contributed by atoms with Gasteiger partial charge in [-0.25, -0.2) is 38.9 Å². The number of pyridine rings is 1. The number of halogens is 1. The Morgan fingerprint density at radius 2 is 1.80 bits per heavy atom. The molecule has 1 atom stereocenters. The van der Waals surface area contributed by atoms with Crippen LogP contribution in [0.25, 0.3) is 32.0 Å². The number of nitrogens with one attached hydrogen (secondary N) is 1. The first-order chi connectivity index (χ1) is 19.7. The van der Waals surface area contributed by atoms with E-state index in [-0.39, 0.29) is 24.0 Å². The van der Waals surface area contributed by atoms with E-state index in [9.17, 15) is 14.0 Å². The fourth-order valence-corrected chi connectivity index (χ4v) is 4.62. The average Bonchev–Trinajstić information content (AvgIpc) is 3.37. The number of esters is 1. The maximum absolute atomic E-state index is 14.9. The summed E-state index contributed by atoms with van der Waals surface area (Å²) in [5.74, 6) is -1.45. The molecule has 5 rings (SSSR count). The van der Waals surface area contributed by atoms with Crippen LogP contribution >= 0.6 is 11.3 Å². The number of carbonyl (C=O) groups excluding carboxylic acids is 2. The predicted octanol–water partition coefficient (Wildman–Crippen LogP) is 4.35. The molecule has 0 aliphatic heterocycles. The zero-order valence-electron chi connectivity index (χ0n) is 22.2. The number of nitrogens with zero attached hydrogens (tertiary/aromatic N) is 6. The zero-order valence-corrected chi connectivity index (χ0v) is 23.0. The first-order valence-corrected chi connectivity index (χ1v) is 12.9. The number of methoxy groups -OCH3 is 2. The van der Waals surface area contributed by atoms with E-state index in [0.717, 1.165) is 11.1 Å². The van der Waals surface area contributed by atoms with Gasteiger partial charge in [0.25, 0.3) is 5.88 Å². The number of anilines is 1. The van der Waals surface area contributed by atoms with Gasteiger partial charge in [0.1, 0.15) is 28.1 Å². The summed E-state index contributed by atoms with van der Waals surface area (Å²) in [6.07, 6.45) is 2.41. The van der Waals surface area contributed by atoms with E-state index in [2.05, 4.69) is 40.0 Å². The molecule has 0 spiro atoms. The molecule has 0 bridgehead atoms. The summed E-state index contributed by atoms with van der Waals surface area (Å²) in [4.78, 5) is 49.4. The molecule has 13 nitrogen and oxygen atoms in total. The number of aryl methyl sites for hydroxylation is 1. The molecule has 5 aromatic rings. The standard InChI is InChI=1S/C26H22FN7O6S/c1-12-5-15(20-17(6-12)32-19(37-3)10-28-20)23-33-18-7-16(27)22(34-24(18)41-23)40-13(2)11-39-26(36)31-14-8-29-21(30-9-14)25(35)38-4/h5-10,13H,11H2,1-4H3,(H,31,36)/t13-/m0/s1. The van der Waals surface area contributed by atoms with Crippen molar-refractivity contribution in [2.24, 2.45) is 0 Å². The number of carbonyl (C=O) groups is 2. The van der Waals surface area contributed by atoms with Gasteiger partial charge in [0.15, 0.2) is 5.82 Å². The summed E-state index contributed by atoms with van der Waals surface area (Å²) in [5.41, 5.74) is 3.50. The normalized spacial score (nSPS) is 11.7. The van der Waals surface area contributed by atoms with Crippen molar-refractivity contribution < 1.29 is 32.9 Å². The lowest BCUT2D eigenvalue weighted by atomic mass is 10.1. The van der Waals surface area contributed by atoms with Gasteiger partial charge in [-0.2, -0.15) is 4.98 Å². The van der Waals surface area contributed by atoms with E-state index in [1.807, 2.05) is 19.1 Å². The van der Waals surface area contributed by atoms with Crippen LogP contribution in [-0.4, -0.2) is 68.9 Å². The van der Waals surface area contributed by atoms with Crippen molar-refractivity contribution in [3.8, 4) is 22.3 Å². The van der Waals surface area contributed by atoms with Crippen LogP contribution in [0.3, 0.4) is 0 Å². The minimum atomic E-state index is -0.822. The quantitative estimate of drug-likeness (QED) is 0.259. The van der Waals surface area contributed by atoms with Crippen LogP contribution in [0, 0.1) is 12.7 Å². The molecule has 0 radical (unpaired) electrons. The Balaban J connectivity index is 1.27. The molecule has 210 valence electrons. The number of fused-ring (bicyclic) bond motifs is 2. The summed E-state index contributed by atoms with van der Waals surface area (Å²) < 4.78 is 35.3. The van der Waals surface area contributed by atoms with Gasteiger partial charge in [-0.15, -0.1) is 0 Å². The summed E-state index contributed by atoms with van der Waals surface area (Å²) in [6, 6.07) is 5.06. The van der Waals surface area contributed by atoms with Gasteiger partial charge < -0.3 is 18.9 Å². The van der Waals surface area contributed by atoms with Crippen LogP contribution in [-0.2, 0) is 9.47 Å². The van der Waals surface area contributed by atoms with Crippen molar-refractivity contribution in [3.63, 3.8) is 0 Å². The van der Waals surface area contributed by atoms with Crippen LogP contribution in [0.1, 0.15) is 23.1 Å². The van der Waals surface area contributed by atoms with Crippen molar-refractivity contribution in [1.82, 2.24) is 29.9 Å². The maximum Gasteiger partial charge on any atom is 0.411 e. The number of rotatable bonds is 8. The molecule has 0 fully saturated rings. The van der Waals surface area contributed by atoms with E-state index < -0.39 is 24.0 Å². The number of aromatic nitrogens is 6. The SMILES string of the molecule is COC(=O)c1ncc(NC(=O)OC[C@H](C)Oc2nc3sc(-c4cc(C)cc5nc(OC)cnc45)nc3cc2F)cn1. The highest BCUT2D eigenvalue weighted by Crippen LogP contribution is 2.35. The second-order valence-electron chi connectivity index (χ2n) is 8.65. The van der Waals surface area contributed by atoms with Crippen LogP contribution in [0.5, 0.6) is 11.8 Å². The minimum Gasteiger partial charge on any atom is -0.480 e. The minimum absolute atomic E-state index is 0.158. The van der Waals surface area contributed by atoms with E-state index in [4.69, 9.17) is 14.2 Å². The Morgan fingerprint density at radius 3 is 2.54 bits per heavy atom. The second-order valence-corrected chi connectivity index (χ2v) is 9.63. The Hall–Kier alpha value is -5.05. The molecule has 0 unspecified atom stereocenters. The van der Waals surface area contributed by atoms with Crippen LogP contribution in [0.4, 0.5) is 14.9 Å². The number of benzene rings is 1. The topological polar surface area (TPSA) is 160 Å². The molecule has 0 aliphatic rings. The van der Waals surface area contributed by atoms with Crippen LogP contribution < -0.4 is 14.8 Å². The maximum atomic E-state index is 14.9. The summed E-state index contributed by atoms with van der Waals surface area (Å²) in [6.45, 7) is 3.31. The molecular weight excluding hydrogens is 557 g/mol. The van der Waals surface area contributed by atoms with E-state index in [1.54, 1.807) is 6.92 Å². The van der Waals surface area contributed by atoms with E-state index in [1.165, 1.54) is 50.2 Å². The van der Waals surface area contributed by atoms with E-state index in [0.29, 0.717) is 32.3 Å². The van der Waals surface area contributed by atoms with Gasteiger partial charge in [0, 0.05) is 11.6 Å². The van der Waals surface area contributed by atoms with Gasteiger partial charge >= 0.3 is 12.1 Å². The van der Waals surface area contributed by atoms with Gasteiger partial charge in [-0.1, -0.05) is 11.3 Å². The fraction of sp³-hybridized carbons (Fsp3) is 0.231. The summed E-state index contributed by atoms with van der Waals surface area (Å²) in [7, 11) is 2.72. The molecule has 0 saturated heterocycles. The van der Waals surface area contributed by atoms with Gasteiger partial charge in [-0.05, 0) is 31.5 Å². The van der Waals surface area contributed by atoms with E-state index >= 15 is 0 Å². The fourth-order valence-electron chi connectivity index (χ4n) is 3.69. The Kier molecular flexibility index (Phi) is 7.78. The summed E-state index contributed by atoms with van der Waals surface area (Å²) in [5, 5.41) is 3.01. The number of hydrogen-bond donors (Lipinski definition) is 1. The van der Waals surface area contributed by atoms with Crippen molar-refractivity contribution in [2.45, 2.75) is 20.0 Å². The number of thiazole rings is 1. The monoisotopic (exact) mass is 579 g/mol. The number of amides is 1. The van der Waals surface area contributed by atoms with Gasteiger partial charge in [0.05, 0.1) is 49.5 Å². The highest BCUT2D eigenvalue weighted by Gasteiger charge is 2.19. The van der Waals surface area contributed by atoms with Crippen molar-refractivity contribution in [1.29, 1.82) is 0 Å². The van der Waals surface area contributed by atoms with Crippen molar-refractivity contribution in [3.05, 3.63) is 54.0 Å². The molecule has 4 aromatic heterocycles. The predicted molar refractivity (Wildman–Crippen MR) is 146 cm³/mol. The molecule has 1 aromatic carbocycles. The Labute approximate surface area is 235 Å². The van der Waals surface area contributed by atoms with Gasteiger partial charge in [0.2, 0.25) is 11.7 Å². The van der Waals surface area contributed by atoms with Crippen molar-refractivity contribution in [2.75, 3.05) is 26.1 Å². The van der Waals surface area contributed by atoms with Crippen LogP contribution in [0.15, 0.2) is 36.8 Å². The third-order valence-corrected chi connectivity index (χ3v) is 6.54. The number of hydrogen-bond acceptors (Lipinski definition) is 13. The van der Waals surface area contributed by atoms with Gasteiger partial charge in [-0.3, -0.25) is 5.32 Å².